The van der Waals surface area contributed by atoms with E-state index in [9.17, 15) is 9.59 Å². The monoisotopic (exact) mass is 517 g/mol. The highest BCUT2D eigenvalue weighted by Gasteiger charge is 2.34. The zero-order valence-corrected chi connectivity index (χ0v) is 21.5. The number of amides is 2. The van der Waals surface area contributed by atoms with Gasteiger partial charge in [0.05, 0.1) is 18.9 Å². The standard InChI is InChI=1S/C23H31N7O3S2/c1-30-11-16(21(29-30)33-2)27-28-23(34)25-14-7-8-17-15(9-14)18(20(32)24-10-12-3-4-12)22(35-17)26-19(31)13-5-6-13/h11-14,27H,3-10H2,1-2H3,(H,24,32)(H,26,31)(H2,25,28,34)/t14-/m0/s1. The molecular weight excluding hydrogens is 486 g/mol. The molecule has 0 aromatic carbocycles. The first-order valence-corrected chi connectivity index (χ1v) is 13.3. The minimum Gasteiger partial charge on any atom is -0.478 e. The number of carbonyl (C=O) groups is 2. The van der Waals surface area contributed by atoms with Crippen LogP contribution in [0.2, 0.25) is 0 Å². The quantitative estimate of drug-likeness (QED) is 0.254. The van der Waals surface area contributed by atoms with Gasteiger partial charge < -0.3 is 20.7 Å². The number of thiophene rings is 1. The van der Waals surface area contributed by atoms with Gasteiger partial charge in [-0.15, -0.1) is 16.4 Å². The molecule has 2 aromatic heterocycles. The van der Waals surface area contributed by atoms with Gasteiger partial charge in [-0.1, -0.05) is 0 Å². The minimum atomic E-state index is -0.0906. The van der Waals surface area contributed by atoms with Crippen LogP contribution in [-0.4, -0.2) is 46.4 Å². The van der Waals surface area contributed by atoms with Crippen molar-refractivity contribution < 1.29 is 14.3 Å². The van der Waals surface area contributed by atoms with Gasteiger partial charge in [-0.3, -0.25) is 25.1 Å². The molecule has 2 amide bonds. The predicted molar refractivity (Wildman–Crippen MR) is 139 cm³/mol. The molecule has 5 N–H and O–H groups in total. The van der Waals surface area contributed by atoms with E-state index in [1.54, 1.807) is 29.3 Å². The summed E-state index contributed by atoms with van der Waals surface area (Å²) in [5, 5.41) is 14.8. The molecule has 2 fully saturated rings. The minimum absolute atomic E-state index is 0.0248. The Kier molecular flexibility index (Phi) is 6.83. The zero-order chi connectivity index (χ0) is 24.5. The SMILES string of the molecule is COc1nn(C)cc1NNC(=S)N[C@H]1CCc2sc(NC(=O)C3CC3)c(C(=O)NCC3CC3)c2C1. The molecule has 5 rings (SSSR count). The van der Waals surface area contributed by atoms with Gasteiger partial charge in [0.25, 0.3) is 11.8 Å². The van der Waals surface area contributed by atoms with Gasteiger partial charge >= 0.3 is 0 Å². The highest BCUT2D eigenvalue weighted by atomic mass is 32.1. The van der Waals surface area contributed by atoms with Crippen LogP contribution in [0.15, 0.2) is 6.20 Å². The summed E-state index contributed by atoms with van der Waals surface area (Å²) in [5.74, 6) is 1.07. The summed E-state index contributed by atoms with van der Waals surface area (Å²) in [7, 11) is 3.37. The molecule has 0 bridgehead atoms. The fourth-order valence-corrected chi connectivity index (χ4v) is 5.75. The molecule has 3 aliphatic carbocycles. The number of hydrogen-bond donors (Lipinski definition) is 5. The highest BCUT2D eigenvalue weighted by molar-refractivity contribution is 7.80. The fourth-order valence-electron chi connectivity index (χ4n) is 4.29. The van der Waals surface area contributed by atoms with E-state index >= 15 is 0 Å². The molecule has 2 heterocycles. The van der Waals surface area contributed by atoms with Gasteiger partial charge in [-0.05, 0) is 68.6 Å². The summed E-state index contributed by atoms with van der Waals surface area (Å²) in [6.45, 7) is 0.693. The molecule has 10 nitrogen and oxygen atoms in total. The van der Waals surface area contributed by atoms with Crippen molar-refractivity contribution in [2.45, 2.75) is 51.0 Å². The molecule has 2 aromatic rings. The lowest BCUT2D eigenvalue weighted by molar-refractivity contribution is -0.117. The van der Waals surface area contributed by atoms with Gasteiger partial charge in [-0.25, -0.2) is 0 Å². The molecule has 35 heavy (non-hydrogen) atoms. The molecule has 3 aliphatic rings. The van der Waals surface area contributed by atoms with Crippen molar-refractivity contribution in [3.8, 4) is 5.88 Å². The Hall–Kier alpha value is -2.86. The zero-order valence-electron chi connectivity index (χ0n) is 19.9. The number of hydrogen-bond acceptors (Lipinski definition) is 7. The first-order chi connectivity index (χ1) is 16.9. The maximum Gasteiger partial charge on any atom is 0.258 e. The normalized spacial score (nSPS) is 18.9. The summed E-state index contributed by atoms with van der Waals surface area (Å²) in [6.07, 6.45) is 8.35. The van der Waals surface area contributed by atoms with Crippen molar-refractivity contribution in [3.05, 3.63) is 22.2 Å². The molecule has 0 spiro atoms. The number of hydrazine groups is 1. The number of ether oxygens (including phenoxy) is 1. The lowest BCUT2D eigenvalue weighted by Gasteiger charge is -2.25. The fraction of sp³-hybridized carbons (Fsp3) is 0.565. The molecule has 12 heteroatoms. The van der Waals surface area contributed by atoms with Crippen LogP contribution in [0.1, 0.15) is 52.9 Å². The number of anilines is 2. The van der Waals surface area contributed by atoms with E-state index in [1.165, 1.54) is 17.7 Å². The van der Waals surface area contributed by atoms with Crippen LogP contribution in [0, 0.1) is 11.8 Å². The van der Waals surface area contributed by atoms with E-state index < -0.39 is 0 Å². The van der Waals surface area contributed by atoms with Crippen molar-refractivity contribution in [3.63, 3.8) is 0 Å². The lowest BCUT2D eigenvalue weighted by Crippen LogP contribution is -2.46. The number of nitrogens with zero attached hydrogens (tertiary/aromatic N) is 2. The topological polar surface area (TPSA) is 121 Å². The summed E-state index contributed by atoms with van der Waals surface area (Å²) >= 11 is 7.04. The Labute approximate surface area is 213 Å². The second-order valence-corrected chi connectivity index (χ2v) is 11.0. The highest BCUT2D eigenvalue weighted by Crippen LogP contribution is 2.40. The third-order valence-electron chi connectivity index (χ3n) is 6.56. The Balaban J connectivity index is 1.25. The molecule has 188 valence electrons. The Morgan fingerprint density at radius 3 is 2.77 bits per heavy atom. The summed E-state index contributed by atoms with van der Waals surface area (Å²) in [5.41, 5.74) is 8.34. The van der Waals surface area contributed by atoms with Crippen molar-refractivity contribution >= 4 is 51.2 Å². The Bertz CT molecular complexity index is 1140. The second kappa shape index (κ2) is 10.0. The third kappa shape index (κ3) is 5.69. The average molecular weight is 518 g/mol. The maximum absolute atomic E-state index is 13.2. The molecule has 0 unspecified atom stereocenters. The van der Waals surface area contributed by atoms with Crippen LogP contribution in [0.25, 0.3) is 0 Å². The molecule has 0 radical (unpaired) electrons. The predicted octanol–water partition coefficient (Wildman–Crippen LogP) is 2.33. The average Bonchev–Trinajstić information content (AvgIpc) is 3.76. The first-order valence-electron chi connectivity index (χ1n) is 12.0. The summed E-state index contributed by atoms with van der Waals surface area (Å²) < 4.78 is 6.89. The Morgan fingerprint density at radius 2 is 2.06 bits per heavy atom. The lowest BCUT2D eigenvalue weighted by atomic mass is 9.91. The molecular formula is C23H31N7O3S2. The number of thiocarbonyl (C=S) groups is 1. The number of nitrogens with one attached hydrogen (secondary N) is 5. The van der Waals surface area contributed by atoms with Crippen LogP contribution >= 0.6 is 23.6 Å². The molecule has 0 saturated heterocycles. The summed E-state index contributed by atoms with van der Waals surface area (Å²) in [6, 6.07) is 0.0664. The van der Waals surface area contributed by atoms with Crippen LogP contribution in [0.4, 0.5) is 10.7 Å². The van der Waals surface area contributed by atoms with Crippen LogP contribution in [-0.2, 0) is 24.7 Å². The van der Waals surface area contributed by atoms with Crippen molar-refractivity contribution in [1.29, 1.82) is 0 Å². The number of carbonyl (C=O) groups excluding carboxylic acids is 2. The maximum atomic E-state index is 13.2. The second-order valence-electron chi connectivity index (χ2n) is 9.51. The molecule has 1 atom stereocenters. The van der Waals surface area contributed by atoms with Crippen molar-refractivity contribution in [2.24, 2.45) is 18.9 Å². The third-order valence-corrected chi connectivity index (χ3v) is 7.98. The smallest absolute Gasteiger partial charge is 0.258 e. The van der Waals surface area contributed by atoms with Gasteiger partial charge in [0.1, 0.15) is 10.7 Å². The molecule has 2 saturated carbocycles. The molecule has 0 aliphatic heterocycles. The summed E-state index contributed by atoms with van der Waals surface area (Å²) in [4.78, 5) is 26.9. The van der Waals surface area contributed by atoms with E-state index in [4.69, 9.17) is 17.0 Å². The number of aromatic nitrogens is 2. The van der Waals surface area contributed by atoms with E-state index in [2.05, 4.69) is 31.9 Å². The van der Waals surface area contributed by atoms with Crippen molar-refractivity contribution in [2.75, 3.05) is 24.4 Å². The Morgan fingerprint density at radius 1 is 1.26 bits per heavy atom. The van der Waals surface area contributed by atoms with Crippen LogP contribution < -0.4 is 31.5 Å². The number of fused-ring (bicyclic) bond motifs is 1. The van der Waals surface area contributed by atoms with Crippen LogP contribution in [0.3, 0.4) is 0 Å². The van der Waals surface area contributed by atoms with Gasteiger partial charge in [0.15, 0.2) is 5.11 Å². The number of rotatable bonds is 9. The van der Waals surface area contributed by atoms with Gasteiger partial charge in [0, 0.05) is 30.4 Å². The van der Waals surface area contributed by atoms with Gasteiger partial charge in [-0.2, -0.15) is 0 Å². The van der Waals surface area contributed by atoms with E-state index in [0.29, 0.717) is 46.1 Å². The first kappa shape index (κ1) is 23.9. The number of methoxy groups -OCH3 is 1. The van der Waals surface area contributed by atoms with Crippen LogP contribution in [0.5, 0.6) is 5.88 Å². The van der Waals surface area contributed by atoms with E-state index in [0.717, 1.165) is 31.2 Å². The van der Waals surface area contributed by atoms with Gasteiger partial charge in [0.2, 0.25) is 5.91 Å². The van der Waals surface area contributed by atoms with E-state index in [1.807, 2.05) is 7.05 Å². The van der Waals surface area contributed by atoms with Crippen molar-refractivity contribution in [1.82, 2.24) is 25.8 Å². The largest absolute Gasteiger partial charge is 0.478 e. The van der Waals surface area contributed by atoms with E-state index in [-0.39, 0.29) is 23.8 Å². The number of aryl methyl sites for hydroxylation is 2.